The molecule has 0 aromatic carbocycles. The van der Waals surface area contributed by atoms with Crippen LogP contribution in [0, 0.1) is 0 Å². The Morgan fingerprint density at radius 3 is 1.05 bits per heavy atom. The fourth-order valence-electron chi connectivity index (χ4n) is 13.8. The third-order valence-corrected chi connectivity index (χ3v) is 20.4. The van der Waals surface area contributed by atoms with E-state index in [0.29, 0.717) is 12.8 Å². The number of unbranched alkanes of at least 4 members (excludes halogenated alkanes) is 51. The molecule has 2 heterocycles. The summed E-state index contributed by atoms with van der Waals surface area (Å²) in [4.78, 5) is 13.4. The molecular weight excluding hydrogens is 1210 g/mol. The summed E-state index contributed by atoms with van der Waals surface area (Å²) in [6.45, 7) is 2.92. The summed E-state index contributed by atoms with van der Waals surface area (Å²) in [5, 5.41) is 87.9. The highest BCUT2D eigenvalue weighted by Gasteiger charge is 2.51. The Morgan fingerprint density at radius 2 is 0.688 bits per heavy atom. The average Bonchev–Trinajstić information content (AvgIpc) is 0.797. The molecule has 12 atom stereocenters. The molecule has 0 radical (unpaired) electrons. The summed E-state index contributed by atoms with van der Waals surface area (Å²) in [6, 6.07) is -0.829. The van der Waals surface area contributed by atoms with E-state index in [2.05, 4.69) is 55.6 Å². The summed E-state index contributed by atoms with van der Waals surface area (Å²) in [5.74, 6) is -0.198. The van der Waals surface area contributed by atoms with E-state index < -0.39 is 86.8 Å². The van der Waals surface area contributed by atoms with Gasteiger partial charge in [-0.15, -0.1) is 0 Å². The minimum absolute atomic E-state index is 0.198. The molecule has 0 saturated carbocycles. The van der Waals surface area contributed by atoms with Gasteiger partial charge in [0, 0.05) is 6.42 Å². The molecule has 0 aromatic heterocycles. The van der Waals surface area contributed by atoms with E-state index in [1.165, 1.54) is 295 Å². The predicted octanol–water partition coefficient (Wildman–Crippen LogP) is 18.8. The predicted molar refractivity (Wildman–Crippen MR) is 397 cm³/mol. The van der Waals surface area contributed by atoms with E-state index >= 15 is 0 Å². The van der Waals surface area contributed by atoms with Crippen molar-refractivity contribution in [3.63, 3.8) is 0 Å². The van der Waals surface area contributed by atoms with Crippen LogP contribution in [0.2, 0.25) is 0 Å². The summed E-state index contributed by atoms with van der Waals surface area (Å²) < 4.78 is 23.0. The van der Waals surface area contributed by atoms with Crippen molar-refractivity contribution in [1.82, 2.24) is 5.32 Å². The van der Waals surface area contributed by atoms with Gasteiger partial charge in [-0.1, -0.05) is 365 Å². The van der Waals surface area contributed by atoms with Gasteiger partial charge in [-0.3, -0.25) is 4.79 Å². The smallest absolute Gasteiger partial charge is 0.220 e. The van der Waals surface area contributed by atoms with Crippen LogP contribution in [-0.2, 0) is 23.7 Å². The van der Waals surface area contributed by atoms with Gasteiger partial charge in [0.2, 0.25) is 5.91 Å². The molecular formula is C82H155NO13. The molecule has 566 valence electrons. The molecule has 2 saturated heterocycles. The SMILES string of the molecule is CCCCCCC/C=C\C/C=C\C/C=C\CCCCCCCCCCCCCCCCCCCCCCC(=O)NC(COC1OC(CO)C(OC2OC(CO)C(O)C(O)C2O)C(O)C1O)C(O)CCCCCCCCCCCCCCCCCCCCCCCCCCCCC. The highest BCUT2D eigenvalue weighted by Crippen LogP contribution is 2.30. The maximum absolute atomic E-state index is 13.4. The molecule has 9 N–H and O–H groups in total. The Balaban J connectivity index is 1.59. The molecule has 2 aliphatic heterocycles. The molecule has 96 heavy (non-hydrogen) atoms. The van der Waals surface area contributed by atoms with Crippen LogP contribution in [0.1, 0.15) is 386 Å². The van der Waals surface area contributed by atoms with E-state index in [-0.39, 0.29) is 12.5 Å². The fourth-order valence-corrected chi connectivity index (χ4v) is 13.8. The molecule has 14 heteroatoms. The lowest BCUT2D eigenvalue weighted by Crippen LogP contribution is -2.65. The molecule has 2 aliphatic rings. The first-order valence-corrected chi connectivity index (χ1v) is 41.2. The molecule has 1 amide bonds. The number of amides is 1. The van der Waals surface area contributed by atoms with Crippen LogP contribution >= 0.6 is 0 Å². The third-order valence-electron chi connectivity index (χ3n) is 20.4. The van der Waals surface area contributed by atoms with E-state index in [1.807, 2.05) is 0 Å². The zero-order chi connectivity index (χ0) is 69.4. The monoisotopic (exact) mass is 1360 g/mol. The number of carbonyl (C=O) groups excluding carboxylic acids is 1. The molecule has 0 aromatic rings. The second-order valence-electron chi connectivity index (χ2n) is 29.3. The van der Waals surface area contributed by atoms with Crippen LogP contribution in [-0.4, -0.2) is 140 Å². The fraction of sp³-hybridized carbons (Fsp3) is 0.915. The Bertz CT molecular complexity index is 1750. The highest BCUT2D eigenvalue weighted by atomic mass is 16.7. The Hall–Kier alpha value is -1.79. The zero-order valence-corrected chi connectivity index (χ0v) is 62.1. The number of hydrogen-bond acceptors (Lipinski definition) is 13. The van der Waals surface area contributed by atoms with E-state index in [1.54, 1.807) is 0 Å². The Morgan fingerprint density at radius 1 is 0.375 bits per heavy atom. The van der Waals surface area contributed by atoms with E-state index in [0.717, 1.165) is 64.2 Å². The van der Waals surface area contributed by atoms with E-state index in [4.69, 9.17) is 18.9 Å². The van der Waals surface area contributed by atoms with Crippen molar-refractivity contribution >= 4 is 5.91 Å². The molecule has 0 bridgehead atoms. The highest BCUT2D eigenvalue weighted by molar-refractivity contribution is 5.76. The van der Waals surface area contributed by atoms with Gasteiger partial charge in [0.1, 0.15) is 48.8 Å². The minimum Gasteiger partial charge on any atom is -0.394 e. The first-order valence-electron chi connectivity index (χ1n) is 41.2. The minimum atomic E-state index is -1.78. The second-order valence-corrected chi connectivity index (χ2v) is 29.3. The van der Waals surface area contributed by atoms with Crippen LogP contribution < -0.4 is 5.32 Å². The summed E-state index contributed by atoms with van der Waals surface area (Å²) >= 11 is 0. The first kappa shape index (κ1) is 90.3. The summed E-state index contributed by atoms with van der Waals surface area (Å²) in [5.41, 5.74) is 0. The first-order chi connectivity index (χ1) is 47.1. The van der Waals surface area contributed by atoms with Gasteiger partial charge < -0.3 is 65.1 Å². The Labute approximate surface area is 589 Å². The zero-order valence-electron chi connectivity index (χ0n) is 62.1. The number of allylic oxidation sites excluding steroid dienone is 6. The lowest BCUT2D eigenvalue weighted by Gasteiger charge is -2.46. The van der Waals surface area contributed by atoms with Crippen LogP contribution in [0.4, 0.5) is 0 Å². The number of rotatable bonds is 70. The number of aliphatic hydroxyl groups is 8. The standard InChI is InChI=1S/C82H155NO13/c1-3-5-7-9-11-13-15-17-19-21-23-25-27-29-31-32-33-34-35-36-37-38-40-42-44-46-48-50-52-54-56-58-60-62-64-66-74(87)83-70(69-93-81-79(92)77(90)80(73(68-85)95-81)96-82-78(91)76(89)75(88)72(67-84)94-82)71(86)65-63-61-59-57-55-53-51-49-47-45-43-41-39-30-28-26-24-22-20-18-16-14-12-10-8-6-4-2/h15,17,21,23,27,29,70-73,75-82,84-86,88-92H,3-14,16,18-20,22,24-26,28,30-69H2,1-2H3,(H,83,87)/b17-15-,23-21-,29-27-. The van der Waals surface area contributed by atoms with Crippen molar-refractivity contribution in [1.29, 1.82) is 0 Å². The number of ether oxygens (including phenoxy) is 4. The van der Waals surface area contributed by atoms with Gasteiger partial charge in [-0.2, -0.15) is 0 Å². The lowest BCUT2D eigenvalue weighted by atomic mass is 9.97. The number of nitrogens with one attached hydrogen (secondary N) is 1. The van der Waals surface area contributed by atoms with Gasteiger partial charge in [-0.05, 0) is 51.4 Å². The molecule has 12 unspecified atom stereocenters. The van der Waals surface area contributed by atoms with Crippen molar-refractivity contribution in [2.45, 2.75) is 460 Å². The van der Waals surface area contributed by atoms with Gasteiger partial charge in [0.15, 0.2) is 12.6 Å². The number of aliphatic hydroxyl groups excluding tert-OH is 8. The molecule has 2 rings (SSSR count). The van der Waals surface area contributed by atoms with Gasteiger partial charge in [0.05, 0.1) is 32.0 Å². The second kappa shape index (κ2) is 66.4. The Kier molecular flexibility index (Phi) is 62.5. The molecule has 0 spiro atoms. The van der Waals surface area contributed by atoms with Crippen molar-refractivity contribution in [2.75, 3.05) is 19.8 Å². The third kappa shape index (κ3) is 48.9. The average molecular weight is 1360 g/mol. The van der Waals surface area contributed by atoms with Crippen molar-refractivity contribution in [2.24, 2.45) is 0 Å². The van der Waals surface area contributed by atoms with Gasteiger partial charge in [-0.25, -0.2) is 0 Å². The van der Waals surface area contributed by atoms with Crippen molar-refractivity contribution in [3.05, 3.63) is 36.5 Å². The summed E-state index contributed by atoms with van der Waals surface area (Å²) in [6.07, 6.45) is 70.5. The molecule has 0 aliphatic carbocycles. The van der Waals surface area contributed by atoms with E-state index in [9.17, 15) is 45.6 Å². The normalized spacial score (nSPS) is 22.4. The lowest BCUT2D eigenvalue weighted by molar-refractivity contribution is -0.359. The van der Waals surface area contributed by atoms with Gasteiger partial charge in [0.25, 0.3) is 0 Å². The van der Waals surface area contributed by atoms with Crippen LogP contribution in [0.15, 0.2) is 36.5 Å². The molecule has 14 nitrogen and oxygen atoms in total. The van der Waals surface area contributed by atoms with Crippen molar-refractivity contribution < 1.29 is 64.6 Å². The quantitative estimate of drug-likeness (QED) is 0.0204. The van der Waals surface area contributed by atoms with Crippen molar-refractivity contribution in [3.8, 4) is 0 Å². The topological polar surface area (TPSA) is 228 Å². The van der Waals surface area contributed by atoms with Crippen LogP contribution in [0.5, 0.6) is 0 Å². The maximum Gasteiger partial charge on any atom is 0.220 e. The molecule has 2 fully saturated rings. The van der Waals surface area contributed by atoms with Gasteiger partial charge >= 0.3 is 0 Å². The van der Waals surface area contributed by atoms with Crippen LogP contribution in [0.3, 0.4) is 0 Å². The maximum atomic E-state index is 13.4. The number of carbonyl (C=O) groups is 1. The number of hydrogen-bond donors (Lipinski definition) is 9. The van der Waals surface area contributed by atoms with Crippen LogP contribution in [0.25, 0.3) is 0 Å². The largest absolute Gasteiger partial charge is 0.394 e. The summed E-state index contributed by atoms with van der Waals surface area (Å²) in [7, 11) is 0.